The molecule has 9 nitrogen and oxygen atoms in total. The number of fused-ring (bicyclic) bond motifs is 1. The van der Waals surface area contributed by atoms with E-state index in [0.717, 1.165) is 29.9 Å². The fourth-order valence-electron chi connectivity index (χ4n) is 4.91. The number of carbonyl (C=O) groups is 1. The highest BCUT2D eigenvalue weighted by Gasteiger charge is 2.31. The molecule has 39 heavy (non-hydrogen) atoms. The lowest BCUT2D eigenvalue weighted by molar-refractivity contribution is -0.116. The molecule has 0 aromatic heterocycles. The third-order valence-electron chi connectivity index (χ3n) is 7.03. The second-order valence-electron chi connectivity index (χ2n) is 10.3. The predicted molar refractivity (Wildman–Crippen MR) is 156 cm³/mol. The van der Waals surface area contributed by atoms with Crippen LogP contribution in [0, 0.1) is 17.2 Å². The molecule has 2 aromatic carbocycles. The molecule has 4 rings (SSSR count). The van der Waals surface area contributed by atoms with Gasteiger partial charge in [-0.25, -0.2) is 0 Å². The average Bonchev–Trinajstić information content (AvgIpc) is 2.93. The number of piperidine rings is 1. The van der Waals surface area contributed by atoms with Crippen molar-refractivity contribution in [2.24, 2.45) is 5.92 Å². The number of anilines is 3. The SMILES string of the molecule is CCOc1cc2c(cc1NC(=O)CCN(C)C)C(Nc1ccc(OCC3CCCCN3)c(Cl)c1)C(C#N)CN2. The first-order valence-corrected chi connectivity index (χ1v) is 14.1. The quantitative estimate of drug-likeness (QED) is 0.311. The molecule has 0 radical (unpaired) electrons. The summed E-state index contributed by atoms with van der Waals surface area (Å²) in [7, 11) is 3.86. The largest absolute Gasteiger partial charge is 0.492 e. The van der Waals surface area contributed by atoms with E-state index in [1.807, 2.05) is 56.3 Å². The van der Waals surface area contributed by atoms with Gasteiger partial charge in [-0.1, -0.05) is 18.0 Å². The maximum absolute atomic E-state index is 12.7. The number of hydrogen-bond donors (Lipinski definition) is 4. The van der Waals surface area contributed by atoms with Crippen LogP contribution < -0.4 is 30.7 Å². The van der Waals surface area contributed by atoms with Gasteiger partial charge in [0.25, 0.3) is 0 Å². The van der Waals surface area contributed by atoms with Crippen molar-refractivity contribution < 1.29 is 14.3 Å². The monoisotopic (exact) mass is 554 g/mol. The van der Waals surface area contributed by atoms with Crippen LogP contribution in [0.3, 0.4) is 0 Å². The van der Waals surface area contributed by atoms with E-state index >= 15 is 0 Å². The summed E-state index contributed by atoms with van der Waals surface area (Å²) >= 11 is 6.59. The maximum atomic E-state index is 12.7. The van der Waals surface area contributed by atoms with E-state index in [4.69, 9.17) is 21.1 Å². The van der Waals surface area contributed by atoms with E-state index < -0.39 is 0 Å². The standard InChI is InChI=1S/C29H39ClN6O3/c1-4-38-27-15-24-22(14-25(27)35-28(37)10-12-36(2)3)29(19(16-31)17-33-24)34-20-8-9-26(23(30)13-20)39-18-21-7-5-6-11-32-21/h8-9,13-15,19,21,29,32-34H,4-7,10-12,17-18H2,1-3H3,(H,35,37). The van der Waals surface area contributed by atoms with Crippen molar-refractivity contribution in [3.63, 3.8) is 0 Å². The highest BCUT2D eigenvalue weighted by molar-refractivity contribution is 6.32. The number of amides is 1. The molecule has 2 aliphatic rings. The number of nitrogens with zero attached hydrogens (tertiary/aromatic N) is 2. The van der Waals surface area contributed by atoms with Gasteiger partial charge in [0.1, 0.15) is 18.1 Å². The van der Waals surface area contributed by atoms with Gasteiger partial charge < -0.3 is 35.6 Å². The molecular weight excluding hydrogens is 516 g/mol. The Morgan fingerprint density at radius 3 is 2.74 bits per heavy atom. The first-order valence-electron chi connectivity index (χ1n) is 13.7. The van der Waals surface area contributed by atoms with Crippen LogP contribution in [0.1, 0.15) is 44.2 Å². The summed E-state index contributed by atoms with van der Waals surface area (Å²) in [5.41, 5.74) is 3.11. The van der Waals surface area contributed by atoms with Crippen LogP contribution in [0.4, 0.5) is 17.1 Å². The summed E-state index contributed by atoms with van der Waals surface area (Å²) in [5, 5.41) is 23.8. The maximum Gasteiger partial charge on any atom is 0.225 e. The number of nitriles is 1. The van der Waals surface area contributed by atoms with Crippen molar-refractivity contribution in [1.82, 2.24) is 10.2 Å². The van der Waals surface area contributed by atoms with Gasteiger partial charge in [0.2, 0.25) is 5.91 Å². The van der Waals surface area contributed by atoms with Gasteiger partial charge in [-0.15, -0.1) is 0 Å². The minimum absolute atomic E-state index is 0.0967. The molecule has 2 heterocycles. The first kappa shape index (κ1) is 28.8. The molecule has 0 bridgehead atoms. The first-order chi connectivity index (χ1) is 18.9. The van der Waals surface area contributed by atoms with Crippen LogP contribution in [-0.4, -0.2) is 63.8 Å². The van der Waals surface area contributed by atoms with Gasteiger partial charge in [-0.2, -0.15) is 5.26 Å². The predicted octanol–water partition coefficient (Wildman–Crippen LogP) is 4.87. The summed E-state index contributed by atoms with van der Waals surface area (Å²) in [6, 6.07) is 11.8. The number of carbonyl (C=O) groups excluding carboxylic acids is 1. The smallest absolute Gasteiger partial charge is 0.225 e. The van der Waals surface area contributed by atoms with E-state index in [-0.39, 0.29) is 17.9 Å². The zero-order valence-corrected chi connectivity index (χ0v) is 23.7. The molecule has 0 aliphatic carbocycles. The zero-order chi connectivity index (χ0) is 27.8. The Kier molecular flexibility index (Phi) is 10.2. The Balaban J connectivity index is 1.54. The molecule has 1 amide bonds. The van der Waals surface area contributed by atoms with Crippen molar-refractivity contribution in [3.05, 3.63) is 40.9 Å². The third-order valence-corrected chi connectivity index (χ3v) is 7.33. The highest BCUT2D eigenvalue weighted by atomic mass is 35.5. The van der Waals surface area contributed by atoms with Crippen molar-refractivity contribution in [2.45, 2.75) is 44.7 Å². The summed E-state index contributed by atoms with van der Waals surface area (Å²) in [6.07, 6.45) is 3.88. The molecule has 10 heteroatoms. The summed E-state index contributed by atoms with van der Waals surface area (Å²) in [6.45, 7) is 5.09. The molecule has 210 valence electrons. The fourth-order valence-corrected chi connectivity index (χ4v) is 5.15. The molecule has 4 N–H and O–H groups in total. The molecule has 1 saturated heterocycles. The van der Waals surface area contributed by atoms with Crippen LogP contribution in [0.5, 0.6) is 11.5 Å². The van der Waals surface area contributed by atoms with Crippen molar-refractivity contribution >= 4 is 34.6 Å². The number of hydrogen-bond acceptors (Lipinski definition) is 8. The molecular formula is C29H39ClN6O3. The fraction of sp³-hybridized carbons (Fsp3) is 0.517. The number of rotatable bonds is 11. The lowest BCUT2D eigenvalue weighted by atomic mass is 9.88. The molecule has 2 aromatic rings. The van der Waals surface area contributed by atoms with Crippen LogP contribution >= 0.6 is 11.6 Å². The van der Waals surface area contributed by atoms with Crippen molar-refractivity contribution in [1.29, 1.82) is 5.26 Å². The van der Waals surface area contributed by atoms with Gasteiger partial charge in [0.15, 0.2) is 0 Å². The zero-order valence-electron chi connectivity index (χ0n) is 23.0. The number of benzene rings is 2. The second kappa shape index (κ2) is 13.7. The van der Waals surface area contributed by atoms with Crippen LogP contribution in [0.15, 0.2) is 30.3 Å². The lowest BCUT2D eigenvalue weighted by Gasteiger charge is -2.33. The molecule has 0 spiro atoms. The Morgan fingerprint density at radius 1 is 1.21 bits per heavy atom. The van der Waals surface area contributed by atoms with E-state index in [9.17, 15) is 10.1 Å². The van der Waals surface area contributed by atoms with Crippen LogP contribution in [0.2, 0.25) is 5.02 Å². The van der Waals surface area contributed by atoms with E-state index in [1.165, 1.54) is 12.8 Å². The van der Waals surface area contributed by atoms with E-state index in [0.29, 0.717) is 61.0 Å². The molecule has 3 unspecified atom stereocenters. The summed E-state index contributed by atoms with van der Waals surface area (Å²) in [4.78, 5) is 14.6. The molecule has 0 saturated carbocycles. The molecule has 2 aliphatic heterocycles. The third kappa shape index (κ3) is 7.69. The Bertz CT molecular complexity index is 1180. The van der Waals surface area contributed by atoms with Crippen molar-refractivity contribution in [3.8, 4) is 17.6 Å². The van der Waals surface area contributed by atoms with Gasteiger partial charge >= 0.3 is 0 Å². The minimum Gasteiger partial charge on any atom is -0.492 e. The number of ether oxygens (including phenoxy) is 2. The Hall–Kier alpha value is -3.19. The summed E-state index contributed by atoms with van der Waals surface area (Å²) < 4.78 is 11.8. The van der Waals surface area contributed by atoms with Crippen LogP contribution in [0.25, 0.3) is 0 Å². The second-order valence-corrected chi connectivity index (χ2v) is 10.7. The normalized spacial score (nSPS) is 20.4. The minimum atomic E-state index is -0.347. The molecule has 3 atom stereocenters. The van der Waals surface area contributed by atoms with Gasteiger partial charge in [-0.05, 0) is 64.7 Å². The average molecular weight is 555 g/mol. The van der Waals surface area contributed by atoms with Gasteiger partial charge in [0, 0.05) is 48.6 Å². The van der Waals surface area contributed by atoms with Gasteiger partial charge in [0.05, 0.1) is 35.3 Å². The Labute approximate surface area is 236 Å². The van der Waals surface area contributed by atoms with Crippen LogP contribution in [-0.2, 0) is 4.79 Å². The van der Waals surface area contributed by atoms with Crippen molar-refractivity contribution in [2.75, 3.05) is 62.9 Å². The summed E-state index contributed by atoms with van der Waals surface area (Å²) in [5.74, 6) is 0.787. The number of halogens is 1. The highest BCUT2D eigenvalue weighted by Crippen LogP contribution is 2.42. The van der Waals surface area contributed by atoms with Gasteiger partial charge in [-0.3, -0.25) is 4.79 Å². The molecule has 1 fully saturated rings. The van der Waals surface area contributed by atoms with E-state index in [2.05, 4.69) is 27.3 Å². The Morgan fingerprint density at radius 2 is 2.05 bits per heavy atom. The lowest BCUT2D eigenvalue weighted by Crippen LogP contribution is -2.38. The van der Waals surface area contributed by atoms with E-state index in [1.54, 1.807) is 0 Å². The number of nitrogens with one attached hydrogen (secondary N) is 4. The topological polar surface area (TPSA) is 111 Å².